The van der Waals surface area contributed by atoms with Crippen LogP contribution in [0.15, 0.2) is 48.5 Å². The molecule has 0 saturated carbocycles. The predicted molar refractivity (Wildman–Crippen MR) is 101 cm³/mol. The van der Waals surface area contributed by atoms with Crippen LogP contribution in [0.5, 0.6) is 0 Å². The number of nitrogens with zero attached hydrogens (tertiary/aromatic N) is 2. The smallest absolute Gasteiger partial charge is 0.255 e. The molecule has 25 heavy (non-hydrogen) atoms. The first-order valence-corrected chi connectivity index (χ1v) is 8.80. The number of fused-ring (bicyclic) bond motifs is 1. The van der Waals surface area contributed by atoms with E-state index in [0.29, 0.717) is 0 Å². The molecule has 2 heterocycles. The van der Waals surface area contributed by atoms with E-state index in [-0.39, 0.29) is 11.9 Å². The molecule has 4 rings (SSSR count). The Morgan fingerprint density at radius 3 is 2.52 bits per heavy atom. The monoisotopic (exact) mass is 330 g/mol. The van der Waals surface area contributed by atoms with Crippen LogP contribution < -0.4 is 0 Å². The fraction of sp³-hybridized carbons (Fsp3) is 0.273. The lowest BCUT2D eigenvalue weighted by molar-refractivity contribution is 0.0461. The van der Waals surface area contributed by atoms with E-state index in [4.69, 9.17) is 0 Å². The zero-order valence-corrected chi connectivity index (χ0v) is 14.9. The van der Waals surface area contributed by atoms with Crippen molar-refractivity contribution in [2.45, 2.75) is 33.2 Å². The molecule has 3 heteroatoms. The molecule has 1 saturated heterocycles. The molecule has 1 unspecified atom stereocenters. The summed E-state index contributed by atoms with van der Waals surface area (Å²) in [5.74, 6) is 0.124. The molecule has 1 aliphatic rings. The standard InChI is InChI=1S/C22H22N2O/c1-14-9-10-19-18(13-14)21(15(2)16(3)23-19)22(25)24-12-11-20(24)17-7-5-4-6-8-17/h4-10,13,20H,11-12H2,1-3H3. The van der Waals surface area contributed by atoms with Crippen molar-refractivity contribution in [3.8, 4) is 0 Å². The molecule has 3 aromatic rings. The van der Waals surface area contributed by atoms with Crippen LogP contribution in [0.1, 0.15) is 45.2 Å². The zero-order valence-electron chi connectivity index (χ0n) is 14.9. The van der Waals surface area contributed by atoms with Crippen LogP contribution in [-0.2, 0) is 0 Å². The Bertz CT molecular complexity index is 963. The fourth-order valence-corrected chi connectivity index (χ4v) is 3.67. The lowest BCUT2D eigenvalue weighted by Crippen LogP contribution is -2.45. The molecule has 1 fully saturated rings. The average molecular weight is 330 g/mol. The molecule has 1 aromatic heterocycles. The number of benzene rings is 2. The van der Waals surface area contributed by atoms with Crippen LogP contribution in [0, 0.1) is 20.8 Å². The SMILES string of the molecule is Cc1ccc2nc(C)c(C)c(C(=O)N3CCC3c3ccccc3)c2c1. The summed E-state index contributed by atoms with van der Waals surface area (Å²) in [5.41, 5.74) is 5.99. The Balaban J connectivity index is 1.80. The third-order valence-corrected chi connectivity index (χ3v) is 5.31. The normalized spacial score (nSPS) is 16.8. The van der Waals surface area contributed by atoms with E-state index in [1.54, 1.807) is 0 Å². The minimum absolute atomic E-state index is 0.124. The Morgan fingerprint density at radius 1 is 1.08 bits per heavy atom. The number of aromatic nitrogens is 1. The highest BCUT2D eigenvalue weighted by Gasteiger charge is 2.35. The first-order valence-electron chi connectivity index (χ1n) is 8.80. The zero-order chi connectivity index (χ0) is 17.6. The highest BCUT2D eigenvalue weighted by molar-refractivity contribution is 6.08. The van der Waals surface area contributed by atoms with E-state index in [0.717, 1.165) is 46.3 Å². The van der Waals surface area contributed by atoms with Crippen molar-refractivity contribution in [3.63, 3.8) is 0 Å². The highest BCUT2D eigenvalue weighted by atomic mass is 16.2. The number of carbonyl (C=O) groups is 1. The number of hydrogen-bond donors (Lipinski definition) is 0. The summed E-state index contributed by atoms with van der Waals surface area (Å²) < 4.78 is 0. The molecule has 3 nitrogen and oxygen atoms in total. The maximum Gasteiger partial charge on any atom is 0.255 e. The molecule has 0 spiro atoms. The van der Waals surface area contributed by atoms with Crippen molar-refractivity contribution in [2.75, 3.05) is 6.54 Å². The maximum atomic E-state index is 13.4. The van der Waals surface area contributed by atoms with E-state index in [2.05, 4.69) is 36.2 Å². The molecule has 0 bridgehead atoms. The van der Waals surface area contributed by atoms with Crippen molar-refractivity contribution >= 4 is 16.8 Å². The van der Waals surface area contributed by atoms with Gasteiger partial charge in [-0.2, -0.15) is 0 Å². The Kier molecular flexibility index (Phi) is 3.79. The van der Waals surface area contributed by atoms with Gasteiger partial charge in [0.05, 0.1) is 17.1 Å². The van der Waals surface area contributed by atoms with Crippen LogP contribution in [0.3, 0.4) is 0 Å². The number of pyridine rings is 1. The molecule has 0 aliphatic carbocycles. The number of likely N-dealkylation sites (tertiary alicyclic amines) is 1. The lowest BCUT2D eigenvalue weighted by atomic mass is 9.91. The molecular formula is C22H22N2O. The minimum Gasteiger partial charge on any atom is -0.331 e. The van der Waals surface area contributed by atoms with Crippen molar-refractivity contribution in [2.24, 2.45) is 0 Å². The van der Waals surface area contributed by atoms with Crippen molar-refractivity contribution < 1.29 is 4.79 Å². The first-order chi connectivity index (χ1) is 12.1. The molecule has 126 valence electrons. The molecule has 0 radical (unpaired) electrons. The van der Waals surface area contributed by atoms with Crippen molar-refractivity contribution in [1.82, 2.24) is 9.88 Å². The van der Waals surface area contributed by atoms with Crippen LogP contribution >= 0.6 is 0 Å². The Morgan fingerprint density at radius 2 is 1.84 bits per heavy atom. The fourth-order valence-electron chi connectivity index (χ4n) is 3.67. The van der Waals surface area contributed by atoms with Crippen LogP contribution in [0.25, 0.3) is 10.9 Å². The van der Waals surface area contributed by atoms with Gasteiger partial charge in [0.15, 0.2) is 0 Å². The first kappa shape index (κ1) is 15.8. The Hall–Kier alpha value is -2.68. The molecular weight excluding hydrogens is 308 g/mol. The van der Waals surface area contributed by atoms with Gasteiger partial charge in [-0.15, -0.1) is 0 Å². The molecule has 2 aromatic carbocycles. The highest BCUT2D eigenvalue weighted by Crippen LogP contribution is 2.36. The van der Waals surface area contributed by atoms with Gasteiger partial charge < -0.3 is 4.90 Å². The molecule has 0 N–H and O–H groups in total. The maximum absolute atomic E-state index is 13.4. The van der Waals surface area contributed by atoms with E-state index in [1.807, 2.05) is 43.0 Å². The van der Waals surface area contributed by atoms with Gasteiger partial charge in [-0.05, 0) is 50.5 Å². The van der Waals surface area contributed by atoms with E-state index < -0.39 is 0 Å². The summed E-state index contributed by atoms with van der Waals surface area (Å²) in [5, 5.41) is 0.965. The summed E-state index contributed by atoms with van der Waals surface area (Å²) in [6, 6.07) is 16.6. The number of carbonyl (C=O) groups excluding carboxylic acids is 1. The van der Waals surface area contributed by atoms with Gasteiger partial charge in [-0.1, -0.05) is 42.0 Å². The van der Waals surface area contributed by atoms with E-state index in [1.165, 1.54) is 5.56 Å². The summed E-state index contributed by atoms with van der Waals surface area (Å²) in [6.07, 6.45) is 1.02. The quantitative estimate of drug-likeness (QED) is 0.679. The van der Waals surface area contributed by atoms with Crippen molar-refractivity contribution in [1.29, 1.82) is 0 Å². The van der Waals surface area contributed by atoms with Gasteiger partial charge in [0.1, 0.15) is 0 Å². The second kappa shape index (κ2) is 5.99. The number of hydrogen-bond acceptors (Lipinski definition) is 2. The van der Waals surface area contributed by atoms with E-state index in [9.17, 15) is 4.79 Å². The minimum atomic E-state index is 0.124. The molecule has 1 aliphatic heterocycles. The average Bonchev–Trinajstić information content (AvgIpc) is 2.56. The van der Waals surface area contributed by atoms with E-state index >= 15 is 0 Å². The predicted octanol–water partition coefficient (Wildman–Crippen LogP) is 4.75. The molecule has 1 amide bonds. The lowest BCUT2D eigenvalue weighted by Gasteiger charge is -2.42. The largest absolute Gasteiger partial charge is 0.331 e. The van der Waals surface area contributed by atoms with Gasteiger partial charge in [-0.3, -0.25) is 9.78 Å². The number of aryl methyl sites for hydroxylation is 2. The van der Waals surface area contributed by atoms with Crippen LogP contribution in [0.2, 0.25) is 0 Å². The second-order valence-corrected chi connectivity index (χ2v) is 6.93. The van der Waals surface area contributed by atoms with Crippen LogP contribution in [0.4, 0.5) is 0 Å². The Labute approximate surface area is 148 Å². The third kappa shape index (κ3) is 2.60. The summed E-state index contributed by atoms with van der Waals surface area (Å²) in [7, 11) is 0. The summed E-state index contributed by atoms with van der Waals surface area (Å²) >= 11 is 0. The topological polar surface area (TPSA) is 33.2 Å². The van der Waals surface area contributed by atoms with Gasteiger partial charge in [0.2, 0.25) is 0 Å². The number of rotatable bonds is 2. The van der Waals surface area contributed by atoms with Crippen LogP contribution in [-0.4, -0.2) is 22.3 Å². The number of amides is 1. The van der Waals surface area contributed by atoms with Gasteiger partial charge in [0, 0.05) is 17.6 Å². The van der Waals surface area contributed by atoms with Crippen molar-refractivity contribution in [3.05, 3.63) is 76.5 Å². The second-order valence-electron chi connectivity index (χ2n) is 6.93. The van der Waals surface area contributed by atoms with Gasteiger partial charge >= 0.3 is 0 Å². The van der Waals surface area contributed by atoms with Gasteiger partial charge in [-0.25, -0.2) is 0 Å². The van der Waals surface area contributed by atoms with Gasteiger partial charge in [0.25, 0.3) is 5.91 Å². The summed E-state index contributed by atoms with van der Waals surface area (Å²) in [6.45, 7) is 6.86. The molecule has 1 atom stereocenters. The third-order valence-electron chi connectivity index (χ3n) is 5.31. The summed E-state index contributed by atoms with van der Waals surface area (Å²) in [4.78, 5) is 20.1.